The van der Waals surface area contributed by atoms with Gasteiger partial charge in [-0.15, -0.1) is 10.2 Å². The molecule has 1 amide bonds. The van der Waals surface area contributed by atoms with Crippen molar-refractivity contribution in [1.29, 1.82) is 0 Å². The molecule has 0 spiro atoms. The molecule has 0 bridgehead atoms. The number of amides is 1. The molecule has 2 aromatic rings. The van der Waals surface area contributed by atoms with E-state index < -0.39 is 0 Å². The van der Waals surface area contributed by atoms with E-state index in [9.17, 15) is 4.79 Å². The van der Waals surface area contributed by atoms with Gasteiger partial charge in [0.15, 0.2) is 5.16 Å². The lowest BCUT2D eigenvalue weighted by atomic mass is 10.2. The van der Waals surface area contributed by atoms with Gasteiger partial charge in [0.2, 0.25) is 5.91 Å². The number of fused-ring (bicyclic) bond motifs is 1. The summed E-state index contributed by atoms with van der Waals surface area (Å²) in [6, 6.07) is 4.97. The molecule has 5 nitrogen and oxygen atoms in total. The summed E-state index contributed by atoms with van der Waals surface area (Å²) in [7, 11) is 0. The number of rotatable bonds is 4. The molecule has 8 heteroatoms. The van der Waals surface area contributed by atoms with E-state index in [0.29, 0.717) is 15.7 Å². The molecular weight excluding hydrogens is 367 g/mol. The molecule has 1 atom stereocenters. The van der Waals surface area contributed by atoms with E-state index in [4.69, 9.17) is 23.2 Å². The average Bonchev–Trinajstić information content (AvgIpc) is 2.74. The zero-order valence-corrected chi connectivity index (χ0v) is 15.6. The van der Waals surface area contributed by atoms with Gasteiger partial charge in [-0.3, -0.25) is 4.79 Å². The number of hydrogen-bond acceptors (Lipinski definition) is 4. The lowest BCUT2D eigenvalue weighted by Gasteiger charge is -2.13. The smallest absolute Gasteiger partial charge is 0.237 e. The second kappa shape index (κ2) is 7.76. The van der Waals surface area contributed by atoms with Gasteiger partial charge in [0.1, 0.15) is 5.82 Å². The minimum atomic E-state index is -0.306. The van der Waals surface area contributed by atoms with Gasteiger partial charge < -0.3 is 9.88 Å². The molecule has 1 aromatic heterocycles. The van der Waals surface area contributed by atoms with E-state index in [1.165, 1.54) is 18.2 Å². The van der Waals surface area contributed by atoms with Crippen LogP contribution in [0.2, 0.25) is 10.0 Å². The van der Waals surface area contributed by atoms with Crippen molar-refractivity contribution in [2.45, 2.75) is 49.6 Å². The van der Waals surface area contributed by atoms with E-state index in [2.05, 4.69) is 20.1 Å². The molecule has 24 heavy (non-hydrogen) atoms. The molecule has 3 rings (SSSR count). The Hall–Kier alpha value is -1.24. The number of aryl methyl sites for hydroxylation is 1. The Kier molecular flexibility index (Phi) is 5.69. The van der Waals surface area contributed by atoms with Crippen molar-refractivity contribution in [2.24, 2.45) is 0 Å². The van der Waals surface area contributed by atoms with Crippen LogP contribution in [0.1, 0.15) is 32.0 Å². The minimum absolute atomic E-state index is 0.121. The largest absolute Gasteiger partial charge is 0.325 e. The lowest BCUT2D eigenvalue weighted by molar-refractivity contribution is -0.115. The molecular formula is C16H18Cl2N4OS. The Morgan fingerprint density at radius 2 is 1.96 bits per heavy atom. The Bertz CT molecular complexity index is 729. The van der Waals surface area contributed by atoms with Crippen molar-refractivity contribution >= 4 is 46.6 Å². The van der Waals surface area contributed by atoms with Crippen LogP contribution in [0.4, 0.5) is 5.69 Å². The second-order valence-electron chi connectivity index (χ2n) is 5.77. The first-order chi connectivity index (χ1) is 11.5. The monoisotopic (exact) mass is 384 g/mol. The highest BCUT2D eigenvalue weighted by atomic mass is 35.5. The SMILES string of the molecule is C[C@H](Sc1nnc2n1CCCCC2)C(=O)Nc1cc(Cl)cc(Cl)c1. The van der Waals surface area contributed by atoms with Crippen LogP contribution >= 0.6 is 35.0 Å². The van der Waals surface area contributed by atoms with Crippen LogP contribution in [-0.4, -0.2) is 25.9 Å². The Morgan fingerprint density at radius 1 is 1.21 bits per heavy atom. The number of nitrogens with zero attached hydrogens (tertiary/aromatic N) is 3. The highest BCUT2D eigenvalue weighted by Gasteiger charge is 2.21. The Balaban J connectivity index is 1.67. The molecule has 128 valence electrons. The highest BCUT2D eigenvalue weighted by molar-refractivity contribution is 8.00. The van der Waals surface area contributed by atoms with Gasteiger partial charge in [0.05, 0.1) is 5.25 Å². The molecule has 2 heterocycles. The van der Waals surface area contributed by atoms with Crippen LogP contribution in [0.25, 0.3) is 0 Å². The third-order valence-corrected chi connectivity index (χ3v) is 5.37. The molecule has 1 N–H and O–H groups in total. The van der Waals surface area contributed by atoms with E-state index in [1.807, 2.05) is 6.92 Å². The normalized spacial score (nSPS) is 15.5. The Labute approximate surface area is 155 Å². The summed E-state index contributed by atoms with van der Waals surface area (Å²) >= 11 is 13.3. The van der Waals surface area contributed by atoms with E-state index >= 15 is 0 Å². The first kappa shape index (κ1) is 17.6. The van der Waals surface area contributed by atoms with Crippen LogP contribution < -0.4 is 5.32 Å². The van der Waals surface area contributed by atoms with Gasteiger partial charge in [-0.2, -0.15) is 0 Å². The number of benzene rings is 1. The van der Waals surface area contributed by atoms with Gasteiger partial charge in [-0.25, -0.2) is 0 Å². The van der Waals surface area contributed by atoms with Crippen LogP contribution in [0, 0.1) is 0 Å². The molecule has 1 aliphatic heterocycles. The first-order valence-electron chi connectivity index (χ1n) is 7.88. The van der Waals surface area contributed by atoms with Crippen molar-refractivity contribution in [3.63, 3.8) is 0 Å². The number of carbonyl (C=O) groups is 1. The van der Waals surface area contributed by atoms with Crippen molar-refractivity contribution in [2.75, 3.05) is 5.32 Å². The van der Waals surface area contributed by atoms with Crippen molar-refractivity contribution in [3.05, 3.63) is 34.1 Å². The third-order valence-electron chi connectivity index (χ3n) is 3.86. The molecule has 0 fully saturated rings. The first-order valence-corrected chi connectivity index (χ1v) is 9.52. The molecule has 0 saturated heterocycles. The molecule has 0 saturated carbocycles. The predicted molar refractivity (Wildman–Crippen MR) is 98.0 cm³/mol. The van der Waals surface area contributed by atoms with Crippen LogP contribution in [-0.2, 0) is 17.8 Å². The van der Waals surface area contributed by atoms with E-state index in [0.717, 1.165) is 36.8 Å². The van der Waals surface area contributed by atoms with Gasteiger partial charge >= 0.3 is 0 Å². The van der Waals surface area contributed by atoms with Crippen molar-refractivity contribution in [3.8, 4) is 0 Å². The topological polar surface area (TPSA) is 59.8 Å². The highest BCUT2D eigenvalue weighted by Crippen LogP contribution is 2.27. The molecule has 0 radical (unpaired) electrons. The third kappa shape index (κ3) is 4.23. The van der Waals surface area contributed by atoms with Crippen molar-refractivity contribution < 1.29 is 4.79 Å². The van der Waals surface area contributed by atoms with Crippen LogP contribution in [0.15, 0.2) is 23.4 Å². The summed E-state index contributed by atoms with van der Waals surface area (Å²) in [4.78, 5) is 12.4. The fraction of sp³-hybridized carbons (Fsp3) is 0.438. The van der Waals surface area contributed by atoms with Gasteiger partial charge in [-0.1, -0.05) is 41.4 Å². The quantitative estimate of drug-likeness (QED) is 0.791. The summed E-state index contributed by atoms with van der Waals surface area (Å²) in [5, 5.41) is 12.8. The fourth-order valence-corrected chi connectivity index (χ4v) is 4.05. The summed E-state index contributed by atoms with van der Waals surface area (Å²) in [5.74, 6) is 0.897. The number of carbonyl (C=O) groups excluding carboxylic acids is 1. The van der Waals surface area contributed by atoms with Crippen molar-refractivity contribution in [1.82, 2.24) is 14.8 Å². The van der Waals surface area contributed by atoms with E-state index in [-0.39, 0.29) is 11.2 Å². The standard InChI is InChI=1S/C16H18Cl2N4OS/c1-10(15(23)19-13-8-11(17)7-12(18)9-13)24-16-21-20-14-5-3-2-4-6-22(14)16/h7-10H,2-6H2,1H3,(H,19,23)/t10-/m0/s1. The average molecular weight is 385 g/mol. The second-order valence-corrected chi connectivity index (χ2v) is 7.95. The summed E-state index contributed by atoms with van der Waals surface area (Å²) in [6.07, 6.45) is 4.43. The summed E-state index contributed by atoms with van der Waals surface area (Å²) in [5.41, 5.74) is 0.588. The maximum atomic E-state index is 12.4. The van der Waals surface area contributed by atoms with Gasteiger partial charge in [0.25, 0.3) is 0 Å². The summed E-state index contributed by atoms with van der Waals surface area (Å²) in [6.45, 7) is 2.77. The zero-order valence-electron chi connectivity index (χ0n) is 13.3. The molecule has 1 aliphatic rings. The van der Waals surface area contributed by atoms with Crippen LogP contribution in [0.5, 0.6) is 0 Å². The number of aromatic nitrogens is 3. The van der Waals surface area contributed by atoms with Gasteiger partial charge in [-0.05, 0) is 38.0 Å². The number of thioether (sulfide) groups is 1. The van der Waals surface area contributed by atoms with Gasteiger partial charge in [0, 0.05) is 28.7 Å². The zero-order chi connectivity index (χ0) is 17.1. The predicted octanol–water partition coefficient (Wildman–Crippen LogP) is 4.43. The number of hydrogen-bond donors (Lipinski definition) is 1. The minimum Gasteiger partial charge on any atom is -0.325 e. The number of halogens is 2. The molecule has 1 aromatic carbocycles. The summed E-state index contributed by atoms with van der Waals surface area (Å²) < 4.78 is 2.14. The fourth-order valence-electron chi connectivity index (χ4n) is 2.63. The van der Waals surface area contributed by atoms with E-state index in [1.54, 1.807) is 18.2 Å². The number of anilines is 1. The molecule has 0 aliphatic carbocycles. The molecule has 0 unspecified atom stereocenters. The Morgan fingerprint density at radius 3 is 2.71 bits per heavy atom. The lowest BCUT2D eigenvalue weighted by Crippen LogP contribution is -2.23. The maximum absolute atomic E-state index is 12.4. The maximum Gasteiger partial charge on any atom is 0.237 e. The number of nitrogens with one attached hydrogen (secondary N) is 1. The van der Waals surface area contributed by atoms with Crippen LogP contribution in [0.3, 0.4) is 0 Å².